The molecule has 0 heterocycles. The fraction of sp³-hybridized carbons (Fsp3) is 0.172. The van der Waals surface area contributed by atoms with Gasteiger partial charge < -0.3 is 0 Å². The van der Waals surface area contributed by atoms with Crippen LogP contribution in [-0.4, -0.2) is 14.2 Å². The summed E-state index contributed by atoms with van der Waals surface area (Å²) in [6, 6.07) is 37.1. The second-order valence-electron chi connectivity index (χ2n) is 8.44. The van der Waals surface area contributed by atoms with E-state index >= 15 is 4.20 Å². The Bertz CT molecular complexity index is 1070. The van der Waals surface area contributed by atoms with Crippen LogP contribution in [0.25, 0.3) is 0 Å². The van der Waals surface area contributed by atoms with Crippen LogP contribution < -0.4 is 20.7 Å². The maximum atomic E-state index is 18.5. The zero-order valence-corrected chi connectivity index (χ0v) is 21.1. The Morgan fingerprint density at radius 1 is 0.639 bits per heavy atom. The molecule has 0 atom stereocenters. The van der Waals surface area contributed by atoms with Gasteiger partial charge in [-0.2, -0.15) is 0 Å². The molecule has 0 saturated carbocycles. The third kappa shape index (κ3) is 6.36. The summed E-state index contributed by atoms with van der Waals surface area (Å²) in [7, 11) is -3.67. The minimum atomic E-state index is -4.27. The molecule has 1 nitrogen and oxygen atoms in total. The van der Waals surface area contributed by atoms with Gasteiger partial charge in [-0.3, -0.25) is 12.9 Å². The topological polar surface area (TPSA) is 9.23 Å². The van der Waals surface area contributed by atoms with Gasteiger partial charge in [-0.25, -0.2) is 0 Å². The van der Waals surface area contributed by atoms with Crippen LogP contribution in [0.5, 0.6) is 5.75 Å². The molecule has 0 N–H and O–H groups in total. The summed E-state index contributed by atoms with van der Waals surface area (Å²) < 4.78 is 53.3. The maximum Gasteiger partial charge on any atom is 0.762 e. The summed E-state index contributed by atoms with van der Waals surface area (Å²) in [6.07, 6.45) is 2.43. The van der Waals surface area contributed by atoms with Gasteiger partial charge in [0.05, 0.1) is 0 Å². The first kappa shape index (κ1) is 27.5. The molecule has 0 bridgehead atoms. The number of halogens is 4. The number of ether oxygens (including phenoxy) is 1. The zero-order valence-electron chi connectivity index (χ0n) is 20.2. The average molecular weight is 512 g/mol. The van der Waals surface area contributed by atoms with E-state index in [1.54, 1.807) is 0 Å². The van der Waals surface area contributed by atoms with Crippen molar-refractivity contribution in [1.82, 2.24) is 0 Å². The van der Waals surface area contributed by atoms with Gasteiger partial charge in [0.2, 0.25) is 0 Å². The summed E-state index contributed by atoms with van der Waals surface area (Å²) >= 11 is 0. The molecule has 188 valence electrons. The fourth-order valence-corrected chi connectivity index (χ4v) is 9.03. The van der Waals surface area contributed by atoms with Crippen LogP contribution in [0.1, 0.15) is 25.3 Å². The van der Waals surface area contributed by atoms with Crippen LogP contribution in [0, 0.1) is 0 Å². The monoisotopic (exact) mass is 512 g/mol. The van der Waals surface area contributed by atoms with Gasteiger partial charge in [-0.15, -0.1) is 0 Å². The van der Waals surface area contributed by atoms with Crippen LogP contribution in [0.4, 0.5) is 17.1 Å². The molecule has 0 unspecified atom stereocenters. The van der Waals surface area contributed by atoms with E-state index in [1.165, 1.54) is 0 Å². The van der Waals surface area contributed by atoms with Crippen molar-refractivity contribution in [2.45, 2.75) is 25.9 Å². The molecule has 7 heteroatoms. The largest absolute Gasteiger partial charge is 0.762 e. The number of hydrogen-bond donors (Lipinski definition) is 0. The molecule has 0 saturated heterocycles. The van der Waals surface area contributed by atoms with Crippen molar-refractivity contribution >= 4 is 30.4 Å². The van der Waals surface area contributed by atoms with E-state index in [0.717, 1.165) is 40.1 Å². The van der Waals surface area contributed by atoms with Crippen LogP contribution in [-0.2, 0) is 6.16 Å². The van der Waals surface area contributed by atoms with Gasteiger partial charge in [0, 0.05) is 0 Å². The number of rotatable bonds is 9. The second kappa shape index (κ2) is 12.7. The van der Waals surface area contributed by atoms with Crippen molar-refractivity contribution < 1.29 is 21.9 Å². The minimum absolute atomic E-state index is 0.304. The third-order valence-corrected chi connectivity index (χ3v) is 11.1. The Kier molecular flexibility index (Phi) is 9.72. The van der Waals surface area contributed by atoms with Crippen LogP contribution in [0.2, 0.25) is 0 Å². The molecule has 36 heavy (non-hydrogen) atoms. The summed E-state index contributed by atoms with van der Waals surface area (Å²) in [5.74, 6) is 0.834. The smallest absolute Gasteiger partial charge is 0.254 e. The fourth-order valence-electron chi connectivity index (χ4n) is 4.31. The van der Waals surface area contributed by atoms with Gasteiger partial charge in [0.1, 0.15) is 0 Å². The summed E-state index contributed by atoms with van der Waals surface area (Å²) in [5.41, 5.74) is 0.963. The molecular weight excluding hydrogens is 482 g/mol. The SMILES string of the molecule is CCCCOc1ccc(CP(F)(c2ccccc2)(c2ccccc2)c2ccccc2)cc1.FB(F)F. The standard InChI is InChI=1S/C29H30FOP.BF3/c1-2-3-23-31-26-21-19-25(20-22-26)24-32(30,27-13-7-4-8-14-27,28-15-9-5-10-16-28)29-17-11-6-12-18-29;2-1(3)4/h4-22H,2-3,23-24H2,1H3;. The van der Waals surface area contributed by atoms with E-state index in [2.05, 4.69) is 6.92 Å². The van der Waals surface area contributed by atoms with Crippen molar-refractivity contribution in [2.75, 3.05) is 6.61 Å². The molecule has 4 aromatic carbocycles. The molecule has 0 fully saturated rings. The normalized spacial score (nSPS) is 12.0. The molecule has 0 spiro atoms. The Balaban J connectivity index is 0.000000840. The van der Waals surface area contributed by atoms with Crippen molar-refractivity contribution in [3.8, 4) is 5.75 Å². The van der Waals surface area contributed by atoms with E-state index in [9.17, 15) is 12.9 Å². The first-order chi connectivity index (χ1) is 17.4. The molecule has 0 aromatic heterocycles. The number of hydrogen-bond acceptors (Lipinski definition) is 1. The molecule has 0 aliphatic rings. The Labute approximate surface area is 211 Å². The van der Waals surface area contributed by atoms with Crippen LogP contribution in [0.3, 0.4) is 0 Å². The Hall–Kier alpha value is -3.11. The zero-order chi connectivity index (χ0) is 25.9. The van der Waals surface area contributed by atoms with Gasteiger partial charge >= 0.3 is 198 Å². The quantitative estimate of drug-likeness (QED) is 0.0969. The van der Waals surface area contributed by atoms with Crippen molar-refractivity contribution in [2.24, 2.45) is 0 Å². The van der Waals surface area contributed by atoms with Gasteiger partial charge in [-0.1, -0.05) is 0 Å². The van der Waals surface area contributed by atoms with Crippen molar-refractivity contribution in [3.63, 3.8) is 0 Å². The number of benzene rings is 4. The van der Waals surface area contributed by atoms with E-state index in [4.69, 9.17) is 4.74 Å². The number of unbranched alkanes of at least 4 members (excludes halogenated alkanes) is 1. The van der Waals surface area contributed by atoms with Crippen molar-refractivity contribution in [1.29, 1.82) is 0 Å². The molecule has 4 rings (SSSR count). The first-order valence-corrected chi connectivity index (χ1v) is 14.2. The van der Waals surface area contributed by atoms with E-state index in [1.807, 2.05) is 115 Å². The molecule has 0 aliphatic carbocycles. The Morgan fingerprint density at radius 2 is 1.03 bits per heavy atom. The Morgan fingerprint density at radius 3 is 1.39 bits per heavy atom. The molecule has 0 amide bonds. The second-order valence-corrected chi connectivity index (χ2v) is 12.7. The molecule has 4 aromatic rings. The van der Waals surface area contributed by atoms with E-state index in [0.29, 0.717) is 12.8 Å². The molecular formula is C29H30BF4OP. The van der Waals surface area contributed by atoms with E-state index in [-0.39, 0.29) is 0 Å². The first-order valence-electron chi connectivity index (χ1n) is 11.9. The summed E-state index contributed by atoms with van der Waals surface area (Å²) in [6.45, 7) is -1.42. The summed E-state index contributed by atoms with van der Waals surface area (Å²) in [4.78, 5) is 0. The van der Waals surface area contributed by atoms with Gasteiger partial charge in [-0.05, 0) is 0 Å². The van der Waals surface area contributed by atoms with Crippen molar-refractivity contribution in [3.05, 3.63) is 121 Å². The minimum Gasteiger partial charge on any atom is -0.254 e. The van der Waals surface area contributed by atoms with Gasteiger partial charge in [0.15, 0.2) is 0 Å². The summed E-state index contributed by atoms with van der Waals surface area (Å²) in [5, 5.41) is 2.25. The molecule has 0 radical (unpaired) electrons. The average Bonchev–Trinajstić information content (AvgIpc) is 2.91. The van der Waals surface area contributed by atoms with E-state index < -0.39 is 14.5 Å². The van der Waals surface area contributed by atoms with Crippen LogP contribution >= 0.6 is 6.91 Å². The molecule has 0 aliphatic heterocycles. The maximum absolute atomic E-state index is 18.5. The third-order valence-electron chi connectivity index (χ3n) is 6.05. The predicted molar refractivity (Wildman–Crippen MR) is 146 cm³/mol. The van der Waals surface area contributed by atoms with Gasteiger partial charge in [0.25, 0.3) is 0 Å². The predicted octanol–water partition coefficient (Wildman–Crippen LogP) is 7.66. The van der Waals surface area contributed by atoms with Crippen LogP contribution in [0.15, 0.2) is 115 Å².